The van der Waals surface area contributed by atoms with Gasteiger partial charge in [0.05, 0.1) is 0 Å². The molecule has 1 N–H and O–H groups in total. The molecule has 1 saturated carbocycles. The largest absolute Gasteiger partial charge is 0.368 e. The van der Waals surface area contributed by atoms with E-state index in [1.54, 1.807) is 0 Å². The fourth-order valence-corrected chi connectivity index (χ4v) is 3.75. The molecule has 1 aliphatic carbocycles. The van der Waals surface area contributed by atoms with Crippen LogP contribution in [0, 0.1) is 0 Å². The number of rotatable bonds is 7. The highest BCUT2D eigenvalue weighted by molar-refractivity contribution is 5.98. The molecule has 0 bridgehead atoms. The van der Waals surface area contributed by atoms with E-state index in [0.717, 1.165) is 54.8 Å². The van der Waals surface area contributed by atoms with Crippen molar-refractivity contribution in [3.05, 3.63) is 30.1 Å². The highest BCUT2D eigenvalue weighted by Gasteiger charge is 2.29. The molecule has 140 valence electrons. The van der Waals surface area contributed by atoms with E-state index in [2.05, 4.69) is 36.6 Å². The van der Waals surface area contributed by atoms with Gasteiger partial charge in [0.2, 0.25) is 0 Å². The number of hydrogen-bond donors (Lipinski definition) is 1. The maximum atomic E-state index is 5.47. The second kappa shape index (κ2) is 7.23. The first-order valence-electron chi connectivity index (χ1n) is 9.94. The Hall–Kier alpha value is -2.54. The summed E-state index contributed by atoms with van der Waals surface area (Å²) >= 11 is 0. The summed E-state index contributed by atoms with van der Waals surface area (Å²) in [5.41, 5.74) is 0.660. The summed E-state index contributed by atoms with van der Waals surface area (Å²) in [6.45, 7) is 4.51. The van der Waals surface area contributed by atoms with Crippen LogP contribution in [0.3, 0.4) is 0 Å². The SMILES string of the molecule is c1ccc2c(-c3nc(C4CC4)no3)nnc(NCCCN3CCCC3)c2c1. The lowest BCUT2D eigenvalue weighted by Gasteiger charge is -2.15. The number of hydrogen-bond acceptors (Lipinski definition) is 7. The number of aromatic nitrogens is 4. The van der Waals surface area contributed by atoms with Crippen molar-refractivity contribution in [2.45, 2.75) is 38.0 Å². The van der Waals surface area contributed by atoms with Crippen LogP contribution in [0.5, 0.6) is 0 Å². The topological polar surface area (TPSA) is 80.0 Å². The molecule has 2 fully saturated rings. The lowest BCUT2D eigenvalue weighted by Crippen LogP contribution is -2.22. The molecule has 3 heterocycles. The van der Waals surface area contributed by atoms with Crippen molar-refractivity contribution < 1.29 is 4.52 Å². The summed E-state index contributed by atoms with van der Waals surface area (Å²) < 4.78 is 5.47. The molecule has 0 unspecified atom stereocenters. The molecular formula is C20H24N6O. The van der Waals surface area contributed by atoms with Crippen molar-refractivity contribution in [3.63, 3.8) is 0 Å². The van der Waals surface area contributed by atoms with Crippen molar-refractivity contribution in [2.24, 2.45) is 0 Å². The van der Waals surface area contributed by atoms with E-state index in [4.69, 9.17) is 4.52 Å². The van der Waals surface area contributed by atoms with Crippen molar-refractivity contribution in [1.29, 1.82) is 0 Å². The fraction of sp³-hybridized carbons (Fsp3) is 0.500. The predicted octanol–water partition coefficient (Wildman–Crippen LogP) is 3.46. The Balaban J connectivity index is 1.34. The molecule has 0 amide bonds. The zero-order valence-corrected chi connectivity index (χ0v) is 15.4. The minimum absolute atomic E-state index is 0.457. The second-order valence-corrected chi connectivity index (χ2v) is 7.50. The molecule has 3 aromatic rings. The van der Waals surface area contributed by atoms with Gasteiger partial charge < -0.3 is 14.7 Å². The predicted molar refractivity (Wildman–Crippen MR) is 104 cm³/mol. The Morgan fingerprint density at radius 1 is 1.07 bits per heavy atom. The van der Waals surface area contributed by atoms with Crippen molar-refractivity contribution in [3.8, 4) is 11.6 Å². The first-order valence-corrected chi connectivity index (χ1v) is 9.94. The third kappa shape index (κ3) is 3.51. The molecule has 2 aliphatic rings. The molecule has 1 aromatic carbocycles. The Morgan fingerprint density at radius 3 is 2.70 bits per heavy atom. The van der Waals surface area contributed by atoms with E-state index in [-0.39, 0.29) is 0 Å². The third-order valence-electron chi connectivity index (χ3n) is 5.42. The van der Waals surface area contributed by atoms with Gasteiger partial charge in [0, 0.05) is 23.2 Å². The van der Waals surface area contributed by atoms with Gasteiger partial charge in [0.25, 0.3) is 5.89 Å². The lowest BCUT2D eigenvalue weighted by atomic mass is 10.1. The number of likely N-dealkylation sites (tertiary alicyclic amines) is 1. The molecule has 0 radical (unpaired) electrons. The Labute approximate surface area is 158 Å². The molecule has 0 spiro atoms. The van der Waals surface area contributed by atoms with Gasteiger partial charge in [0.15, 0.2) is 17.3 Å². The Kier molecular flexibility index (Phi) is 4.45. The van der Waals surface area contributed by atoms with Gasteiger partial charge >= 0.3 is 0 Å². The summed E-state index contributed by atoms with van der Waals surface area (Å²) in [6.07, 6.45) is 6.07. The van der Waals surface area contributed by atoms with Gasteiger partial charge in [-0.2, -0.15) is 4.98 Å². The zero-order chi connectivity index (χ0) is 18.1. The van der Waals surface area contributed by atoms with Crippen LogP contribution in [0.25, 0.3) is 22.4 Å². The van der Waals surface area contributed by atoms with E-state index in [1.807, 2.05) is 18.2 Å². The first-order chi connectivity index (χ1) is 13.4. The number of anilines is 1. The van der Waals surface area contributed by atoms with E-state index >= 15 is 0 Å². The average molecular weight is 364 g/mol. The van der Waals surface area contributed by atoms with Crippen LogP contribution in [-0.2, 0) is 0 Å². The summed E-state index contributed by atoms with van der Waals surface area (Å²) in [6, 6.07) is 8.12. The van der Waals surface area contributed by atoms with Crippen LogP contribution in [0.15, 0.2) is 28.8 Å². The van der Waals surface area contributed by atoms with Crippen LogP contribution in [0.1, 0.15) is 43.8 Å². The Morgan fingerprint density at radius 2 is 1.89 bits per heavy atom. The molecule has 5 rings (SSSR count). The van der Waals surface area contributed by atoms with Gasteiger partial charge in [-0.15, -0.1) is 10.2 Å². The van der Waals surface area contributed by atoms with Gasteiger partial charge in [-0.05, 0) is 51.7 Å². The monoisotopic (exact) mass is 364 g/mol. The molecule has 7 heteroatoms. The fourth-order valence-electron chi connectivity index (χ4n) is 3.75. The van der Waals surface area contributed by atoms with Crippen LogP contribution in [-0.4, -0.2) is 51.4 Å². The number of fused-ring (bicyclic) bond motifs is 1. The maximum absolute atomic E-state index is 5.47. The van der Waals surface area contributed by atoms with Crippen molar-refractivity contribution in [1.82, 2.24) is 25.2 Å². The quantitative estimate of drug-likeness (QED) is 0.643. The maximum Gasteiger partial charge on any atom is 0.279 e. The molecule has 27 heavy (non-hydrogen) atoms. The number of nitrogens with one attached hydrogen (secondary N) is 1. The molecule has 2 aromatic heterocycles. The van der Waals surface area contributed by atoms with Gasteiger partial charge in [-0.3, -0.25) is 0 Å². The summed E-state index contributed by atoms with van der Waals surface area (Å²) in [7, 11) is 0. The summed E-state index contributed by atoms with van der Waals surface area (Å²) in [5.74, 6) is 2.53. The van der Waals surface area contributed by atoms with E-state index < -0.39 is 0 Å². The molecular weight excluding hydrogens is 340 g/mol. The first kappa shape index (κ1) is 16.6. The molecule has 1 saturated heterocycles. The molecule has 0 atom stereocenters. The highest BCUT2D eigenvalue weighted by atomic mass is 16.5. The van der Waals surface area contributed by atoms with Crippen LogP contribution in [0.4, 0.5) is 5.82 Å². The smallest absolute Gasteiger partial charge is 0.279 e. The average Bonchev–Trinajstić information content (AvgIpc) is 3.21. The minimum Gasteiger partial charge on any atom is -0.368 e. The molecule has 1 aliphatic heterocycles. The van der Waals surface area contributed by atoms with Crippen LogP contribution >= 0.6 is 0 Å². The van der Waals surface area contributed by atoms with E-state index in [1.165, 1.54) is 25.9 Å². The van der Waals surface area contributed by atoms with Gasteiger partial charge in [-0.1, -0.05) is 29.4 Å². The highest BCUT2D eigenvalue weighted by Crippen LogP contribution is 2.39. The summed E-state index contributed by atoms with van der Waals surface area (Å²) in [4.78, 5) is 7.06. The third-order valence-corrected chi connectivity index (χ3v) is 5.42. The number of benzene rings is 1. The van der Waals surface area contributed by atoms with Crippen LogP contribution in [0.2, 0.25) is 0 Å². The zero-order valence-electron chi connectivity index (χ0n) is 15.4. The molecule has 7 nitrogen and oxygen atoms in total. The minimum atomic E-state index is 0.457. The van der Waals surface area contributed by atoms with Crippen molar-refractivity contribution >= 4 is 16.6 Å². The van der Waals surface area contributed by atoms with E-state index in [9.17, 15) is 0 Å². The second-order valence-electron chi connectivity index (χ2n) is 7.50. The van der Waals surface area contributed by atoms with E-state index in [0.29, 0.717) is 17.5 Å². The summed E-state index contributed by atoms with van der Waals surface area (Å²) in [5, 5.41) is 18.4. The standard InChI is InChI=1S/C20H24N6O/c1-2-7-16-15(6-1)17(20-22-18(25-27-20)14-8-9-14)23-24-19(16)21-10-5-13-26-11-3-4-12-26/h1-2,6-7,14H,3-5,8-13H2,(H,21,24). The normalized spacial score (nSPS) is 17.6. The Bertz CT molecular complexity index is 929. The lowest BCUT2D eigenvalue weighted by molar-refractivity contribution is 0.337. The van der Waals surface area contributed by atoms with Crippen molar-refractivity contribution in [2.75, 3.05) is 31.5 Å². The van der Waals surface area contributed by atoms with Gasteiger partial charge in [0.1, 0.15) is 0 Å². The van der Waals surface area contributed by atoms with Gasteiger partial charge in [-0.25, -0.2) is 0 Å². The number of nitrogens with zero attached hydrogens (tertiary/aromatic N) is 5. The van der Waals surface area contributed by atoms with Crippen LogP contribution < -0.4 is 5.32 Å².